The molecule has 0 spiro atoms. The highest BCUT2D eigenvalue weighted by molar-refractivity contribution is 6.02. The molecule has 0 aliphatic rings. The van der Waals surface area contributed by atoms with E-state index in [1.807, 2.05) is 51.7 Å². The summed E-state index contributed by atoms with van der Waals surface area (Å²) in [5, 5.41) is 11.8. The molecule has 0 bridgehead atoms. The zero-order valence-corrected chi connectivity index (χ0v) is 12.3. The molecule has 5 aromatic rings. The molecule has 23 heavy (non-hydrogen) atoms. The zero-order valence-electron chi connectivity index (χ0n) is 12.3. The minimum atomic E-state index is 0.720. The van der Waals surface area contributed by atoms with Crippen molar-refractivity contribution in [2.24, 2.45) is 0 Å². The normalized spacial score (nSPS) is 11.5. The molecule has 0 unspecified atom stereocenters. The first-order valence-corrected chi connectivity index (χ1v) is 7.56. The highest BCUT2D eigenvalue weighted by atomic mass is 15.6. The standard InChI is InChI=1S/C19H13N4/c1-2-8-14(9-3-1)19-20-22-17-12-6-4-10-15(17)16-11-5-7-13-18(16)23(22)21-19/h1-13H/q+1. The molecule has 2 heterocycles. The van der Waals surface area contributed by atoms with Gasteiger partial charge in [-0.05, 0) is 40.1 Å². The van der Waals surface area contributed by atoms with E-state index < -0.39 is 0 Å². The molecule has 0 radical (unpaired) electrons. The first-order valence-electron chi connectivity index (χ1n) is 7.56. The lowest BCUT2D eigenvalue weighted by atomic mass is 10.1. The van der Waals surface area contributed by atoms with Crippen LogP contribution in [0.25, 0.3) is 33.2 Å². The molecule has 0 atom stereocenters. The van der Waals surface area contributed by atoms with Crippen molar-refractivity contribution < 1.29 is 4.63 Å². The van der Waals surface area contributed by atoms with E-state index in [-0.39, 0.29) is 0 Å². The van der Waals surface area contributed by atoms with Crippen molar-refractivity contribution in [2.45, 2.75) is 0 Å². The summed E-state index contributed by atoms with van der Waals surface area (Å²) in [6, 6.07) is 26.6. The number of hydrogen-bond donors (Lipinski definition) is 0. The van der Waals surface area contributed by atoms with Crippen LogP contribution in [-0.2, 0) is 0 Å². The SMILES string of the molecule is c1ccc(-c2nn3c4ccccc4c4ccccc4[n+]3n2)cc1. The molecule has 2 aromatic heterocycles. The molecule has 0 saturated carbocycles. The lowest BCUT2D eigenvalue weighted by Gasteiger charge is -2.00. The summed E-state index contributed by atoms with van der Waals surface area (Å²) >= 11 is 0. The summed E-state index contributed by atoms with van der Waals surface area (Å²) < 4.78 is 3.75. The number of para-hydroxylation sites is 2. The number of hydrogen-bond acceptors (Lipinski definition) is 2. The quantitative estimate of drug-likeness (QED) is 0.351. The maximum absolute atomic E-state index is 4.73. The van der Waals surface area contributed by atoms with Gasteiger partial charge in [-0.25, -0.2) is 0 Å². The fourth-order valence-corrected chi connectivity index (χ4v) is 3.05. The molecule has 108 valence electrons. The highest BCUT2D eigenvalue weighted by Crippen LogP contribution is 2.22. The lowest BCUT2D eigenvalue weighted by molar-refractivity contribution is -0.651. The zero-order chi connectivity index (χ0) is 15.2. The third-order valence-electron chi connectivity index (χ3n) is 4.12. The van der Waals surface area contributed by atoms with E-state index in [9.17, 15) is 0 Å². The maximum atomic E-state index is 4.73. The van der Waals surface area contributed by atoms with Gasteiger partial charge < -0.3 is 0 Å². The monoisotopic (exact) mass is 297 g/mol. The first-order chi connectivity index (χ1) is 11.4. The van der Waals surface area contributed by atoms with Crippen LogP contribution in [0, 0.1) is 0 Å². The second-order valence-corrected chi connectivity index (χ2v) is 5.50. The van der Waals surface area contributed by atoms with E-state index in [2.05, 4.69) is 36.4 Å². The Bertz CT molecular complexity index is 1090. The van der Waals surface area contributed by atoms with E-state index in [1.54, 1.807) is 0 Å². The van der Waals surface area contributed by atoms with Gasteiger partial charge in [0.25, 0.3) is 0 Å². The molecular formula is C19H13N4+. The van der Waals surface area contributed by atoms with Gasteiger partial charge in [0, 0.05) is 15.4 Å². The average molecular weight is 297 g/mol. The molecule has 4 nitrogen and oxygen atoms in total. The van der Waals surface area contributed by atoms with Crippen LogP contribution in [0.3, 0.4) is 0 Å². The minimum absolute atomic E-state index is 0.720. The van der Waals surface area contributed by atoms with Crippen molar-refractivity contribution in [3.8, 4) is 11.4 Å². The topological polar surface area (TPSA) is 34.3 Å². The Morgan fingerprint density at radius 3 is 2.26 bits per heavy atom. The molecule has 3 aromatic carbocycles. The van der Waals surface area contributed by atoms with Crippen LogP contribution >= 0.6 is 0 Å². The van der Waals surface area contributed by atoms with Gasteiger partial charge in [-0.1, -0.05) is 48.5 Å². The average Bonchev–Trinajstić information content (AvgIpc) is 3.09. The van der Waals surface area contributed by atoms with Crippen LogP contribution in [0.1, 0.15) is 0 Å². The minimum Gasteiger partial charge on any atom is -0.0622 e. The summed E-state index contributed by atoms with van der Waals surface area (Å²) in [6.07, 6.45) is 0. The Labute approximate surface area is 132 Å². The fourth-order valence-electron chi connectivity index (χ4n) is 3.05. The highest BCUT2D eigenvalue weighted by Gasteiger charge is 2.20. The Morgan fingerprint density at radius 2 is 1.39 bits per heavy atom. The number of nitrogens with zero attached hydrogens (tertiary/aromatic N) is 4. The van der Waals surface area contributed by atoms with Crippen LogP contribution in [0.2, 0.25) is 0 Å². The maximum Gasteiger partial charge on any atom is 0.340 e. The number of tetrazole rings is 1. The lowest BCUT2D eigenvalue weighted by Crippen LogP contribution is -2.33. The summed E-state index contributed by atoms with van der Waals surface area (Å²) in [7, 11) is 0. The third kappa shape index (κ3) is 1.75. The van der Waals surface area contributed by atoms with Crippen molar-refractivity contribution in [3.63, 3.8) is 0 Å². The van der Waals surface area contributed by atoms with Gasteiger partial charge in [-0.2, -0.15) is 0 Å². The third-order valence-corrected chi connectivity index (χ3v) is 4.12. The molecule has 0 amide bonds. The smallest absolute Gasteiger partial charge is 0.0622 e. The predicted molar refractivity (Wildman–Crippen MR) is 89.1 cm³/mol. The summed E-state index contributed by atoms with van der Waals surface area (Å²) in [5.41, 5.74) is 3.10. The van der Waals surface area contributed by atoms with Crippen LogP contribution < -0.4 is 4.63 Å². The van der Waals surface area contributed by atoms with Gasteiger partial charge in [0.05, 0.1) is 10.7 Å². The van der Waals surface area contributed by atoms with E-state index >= 15 is 0 Å². The molecule has 5 rings (SSSR count). The number of benzene rings is 3. The second-order valence-electron chi connectivity index (χ2n) is 5.50. The molecule has 0 aliphatic heterocycles. The first kappa shape index (κ1) is 12.3. The van der Waals surface area contributed by atoms with E-state index in [0.29, 0.717) is 0 Å². The van der Waals surface area contributed by atoms with Gasteiger partial charge in [-0.3, -0.25) is 0 Å². The molecule has 4 heteroatoms. The largest absolute Gasteiger partial charge is 0.340 e. The van der Waals surface area contributed by atoms with Crippen molar-refractivity contribution in [1.82, 2.24) is 14.8 Å². The van der Waals surface area contributed by atoms with Crippen molar-refractivity contribution >= 4 is 21.8 Å². The van der Waals surface area contributed by atoms with Crippen LogP contribution in [-0.4, -0.2) is 14.8 Å². The van der Waals surface area contributed by atoms with E-state index in [0.717, 1.165) is 22.4 Å². The summed E-state index contributed by atoms with van der Waals surface area (Å²) in [6.45, 7) is 0. The van der Waals surface area contributed by atoms with Crippen molar-refractivity contribution in [2.75, 3.05) is 0 Å². The fraction of sp³-hybridized carbons (Fsp3) is 0. The number of aromatic nitrogens is 4. The van der Waals surface area contributed by atoms with Gasteiger partial charge in [0.2, 0.25) is 0 Å². The van der Waals surface area contributed by atoms with Crippen LogP contribution in [0.15, 0.2) is 78.9 Å². The van der Waals surface area contributed by atoms with Crippen molar-refractivity contribution in [1.29, 1.82) is 0 Å². The molecule has 0 aliphatic carbocycles. The van der Waals surface area contributed by atoms with Gasteiger partial charge in [0.1, 0.15) is 5.52 Å². The molecule has 0 N–H and O–H groups in total. The Kier molecular flexibility index (Phi) is 2.46. The Morgan fingerprint density at radius 1 is 0.696 bits per heavy atom. The molecule has 0 saturated heterocycles. The second kappa shape index (κ2) is 4.61. The van der Waals surface area contributed by atoms with Crippen LogP contribution in [0.5, 0.6) is 0 Å². The predicted octanol–water partition coefficient (Wildman–Crippen LogP) is 3.29. The van der Waals surface area contributed by atoms with Crippen molar-refractivity contribution in [3.05, 3.63) is 78.9 Å². The number of rotatable bonds is 1. The van der Waals surface area contributed by atoms with E-state index in [4.69, 9.17) is 10.2 Å². The Hall–Kier alpha value is -3.27. The number of fused-ring (bicyclic) bond motifs is 6. The molecule has 0 fully saturated rings. The van der Waals surface area contributed by atoms with Crippen LogP contribution in [0.4, 0.5) is 0 Å². The van der Waals surface area contributed by atoms with E-state index in [1.165, 1.54) is 10.8 Å². The van der Waals surface area contributed by atoms with Gasteiger partial charge in [0.15, 0.2) is 5.52 Å². The Balaban J connectivity index is 1.99. The molecular weight excluding hydrogens is 284 g/mol. The van der Waals surface area contributed by atoms with Gasteiger partial charge in [-0.15, -0.1) is 0 Å². The summed E-state index contributed by atoms with van der Waals surface area (Å²) in [5.74, 6) is 0.720. The van der Waals surface area contributed by atoms with Gasteiger partial charge >= 0.3 is 5.82 Å². The summed E-state index contributed by atoms with van der Waals surface area (Å²) in [4.78, 5) is 0.